The highest BCUT2D eigenvalue weighted by Crippen LogP contribution is 2.13. The van der Waals surface area contributed by atoms with E-state index in [0.717, 1.165) is 22.8 Å². The molecule has 2 rings (SSSR count). The van der Waals surface area contributed by atoms with E-state index >= 15 is 0 Å². The fourth-order valence-corrected chi connectivity index (χ4v) is 2.60. The van der Waals surface area contributed by atoms with Gasteiger partial charge in [-0.25, -0.2) is 4.98 Å². The fourth-order valence-electron chi connectivity index (χ4n) is 1.98. The number of rotatable bonds is 6. The summed E-state index contributed by atoms with van der Waals surface area (Å²) >= 11 is 1.62. The molecule has 2 atom stereocenters. The number of hydrogen-bond acceptors (Lipinski definition) is 4. The SMILES string of the molecule is CCC(C)n1ccc(CC(O)Cc2csc(C)n2)n1. The molecule has 0 aliphatic rings. The molecule has 2 aromatic rings. The average Bonchev–Trinajstić information content (AvgIpc) is 2.98. The zero-order valence-corrected chi connectivity index (χ0v) is 12.5. The molecule has 2 unspecified atom stereocenters. The maximum atomic E-state index is 10.1. The Kier molecular flexibility index (Phi) is 4.71. The van der Waals surface area contributed by atoms with E-state index in [4.69, 9.17) is 0 Å². The van der Waals surface area contributed by atoms with Crippen molar-refractivity contribution in [3.05, 3.63) is 34.0 Å². The number of aliphatic hydroxyl groups is 1. The van der Waals surface area contributed by atoms with Crippen LogP contribution in [0.2, 0.25) is 0 Å². The van der Waals surface area contributed by atoms with Gasteiger partial charge in [0.25, 0.3) is 0 Å². The van der Waals surface area contributed by atoms with Crippen molar-refractivity contribution >= 4 is 11.3 Å². The summed E-state index contributed by atoms with van der Waals surface area (Å²) in [5, 5.41) is 17.6. The molecular formula is C14H21N3OS. The Hall–Kier alpha value is -1.20. The van der Waals surface area contributed by atoms with E-state index < -0.39 is 6.10 Å². The normalized spacial score (nSPS) is 14.5. The quantitative estimate of drug-likeness (QED) is 0.884. The molecule has 0 bridgehead atoms. The van der Waals surface area contributed by atoms with Crippen molar-refractivity contribution in [1.82, 2.24) is 14.8 Å². The number of aryl methyl sites for hydroxylation is 1. The number of hydrogen-bond donors (Lipinski definition) is 1. The Morgan fingerprint density at radius 2 is 2.11 bits per heavy atom. The molecular weight excluding hydrogens is 258 g/mol. The highest BCUT2D eigenvalue weighted by atomic mass is 32.1. The lowest BCUT2D eigenvalue weighted by Crippen LogP contribution is -2.15. The van der Waals surface area contributed by atoms with Gasteiger partial charge in [-0.05, 0) is 26.3 Å². The zero-order valence-electron chi connectivity index (χ0n) is 11.7. The lowest BCUT2D eigenvalue weighted by Gasteiger charge is -2.09. The van der Waals surface area contributed by atoms with E-state index in [9.17, 15) is 5.11 Å². The van der Waals surface area contributed by atoms with Crippen LogP contribution in [-0.4, -0.2) is 26.0 Å². The van der Waals surface area contributed by atoms with Crippen LogP contribution in [0.5, 0.6) is 0 Å². The molecule has 0 amide bonds. The highest BCUT2D eigenvalue weighted by molar-refractivity contribution is 7.09. The predicted molar refractivity (Wildman–Crippen MR) is 77.5 cm³/mol. The number of aliphatic hydroxyl groups excluding tert-OH is 1. The molecule has 2 heterocycles. The first kappa shape index (κ1) is 14.2. The molecule has 0 aliphatic carbocycles. The van der Waals surface area contributed by atoms with Gasteiger partial charge in [-0.1, -0.05) is 6.92 Å². The van der Waals surface area contributed by atoms with Gasteiger partial charge in [0.1, 0.15) is 0 Å². The molecule has 0 radical (unpaired) electrons. The van der Waals surface area contributed by atoms with E-state index in [1.54, 1.807) is 11.3 Å². The largest absolute Gasteiger partial charge is 0.392 e. The molecule has 104 valence electrons. The Morgan fingerprint density at radius 1 is 1.37 bits per heavy atom. The number of thiazole rings is 1. The zero-order chi connectivity index (χ0) is 13.8. The van der Waals surface area contributed by atoms with Crippen LogP contribution >= 0.6 is 11.3 Å². The first-order chi connectivity index (χ1) is 9.08. The first-order valence-electron chi connectivity index (χ1n) is 6.71. The van der Waals surface area contributed by atoms with Crippen LogP contribution < -0.4 is 0 Å². The first-order valence-corrected chi connectivity index (χ1v) is 7.59. The van der Waals surface area contributed by atoms with Gasteiger partial charge in [0.2, 0.25) is 0 Å². The van der Waals surface area contributed by atoms with Gasteiger partial charge < -0.3 is 5.11 Å². The minimum atomic E-state index is -0.415. The molecule has 19 heavy (non-hydrogen) atoms. The van der Waals surface area contributed by atoms with Crippen molar-refractivity contribution in [2.24, 2.45) is 0 Å². The van der Waals surface area contributed by atoms with Crippen LogP contribution in [0.15, 0.2) is 17.6 Å². The van der Waals surface area contributed by atoms with Crippen LogP contribution in [0, 0.1) is 6.92 Å². The van der Waals surface area contributed by atoms with E-state index in [1.807, 2.05) is 29.2 Å². The minimum absolute atomic E-state index is 0.409. The Balaban J connectivity index is 1.91. The third kappa shape index (κ3) is 3.88. The average molecular weight is 279 g/mol. The highest BCUT2D eigenvalue weighted by Gasteiger charge is 2.12. The summed E-state index contributed by atoms with van der Waals surface area (Å²) in [4.78, 5) is 4.37. The Labute approximate surface area is 118 Å². The van der Waals surface area contributed by atoms with Crippen LogP contribution in [-0.2, 0) is 12.8 Å². The summed E-state index contributed by atoms with van der Waals surface area (Å²) in [5.41, 5.74) is 1.91. The monoisotopic (exact) mass is 279 g/mol. The van der Waals surface area contributed by atoms with Crippen molar-refractivity contribution in [2.45, 2.75) is 52.2 Å². The van der Waals surface area contributed by atoms with Crippen LogP contribution in [0.4, 0.5) is 0 Å². The second-order valence-corrected chi connectivity index (χ2v) is 6.03. The van der Waals surface area contributed by atoms with Gasteiger partial charge >= 0.3 is 0 Å². The van der Waals surface area contributed by atoms with E-state index in [0.29, 0.717) is 18.9 Å². The molecule has 5 heteroatoms. The van der Waals surface area contributed by atoms with Crippen molar-refractivity contribution < 1.29 is 5.11 Å². The second kappa shape index (κ2) is 6.30. The van der Waals surface area contributed by atoms with Gasteiger partial charge in [0.05, 0.1) is 22.5 Å². The summed E-state index contributed by atoms with van der Waals surface area (Å²) in [5.74, 6) is 0. The van der Waals surface area contributed by atoms with E-state index in [1.165, 1.54) is 0 Å². The van der Waals surface area contributed by atoms with Crippen LogP contribution in [0.1, 0.15) is 42.7 Å². The van der Waals surface area contributed by atoms with Gasteiger partial charge in [0, 0.05) is 30.5 Å². The molecule has 0 fully saturated rings. The molecule has 0 spiro atoms. The molecule has 2 aromatic heterocycles. The van der Waals surface area contributed by atoms with Crippen molar-refractivity contribution in [3.8, 4) is 0 Å². The van der Waals surface area contributed by atoms with Gasteiger partial charge in [-0.3, -0.25) is 4.68 Å². The maximum absolute atomic E-state index is 10.1. The smallest absolute Gasteiger partial charge is 0.0897 e. The standard InChI is InChI=1S/C14H21N3OS/c1-4-10(2)17-6-5-12(16-17)7-14(18)8-13-9-19-11(3)15-13/h5-6,9-10,14,18H,4,7-8H2,1-3H3. The summed E-state index contributed by atoms with van der Waals surface area (Å²) < 4.78 is 1.97. The minimum Gasteiger partial charge on any atom is -0.392 e. The summed E-state index contributed by atoms with van der Waals surface area (Å²) in [6.45, 7) is 6.27. The number of nitrogens with zero attached hydrogens (tertiary/aromatic N) is 3. The van der Waals surface area contributed by atoms with Crippen molar-refractivity contribution in [1.29, 1.82) is 0 Å². The topological polar surface area (TPSA) is 50.9 Å². The lowest BCUT2D eigenvalue weighted by molar-refractivity contribution is 0.173. The van der Waals surface area contributed by atoms with Gasteiger partial charge in [-0.15, -0.1) is 11.3 Å². The van der Waals surface area contributed by atoms with E-state index in [2.05, 4.69) is 23.9 Å². The van der Waals surface area contributed by atoms with Gasteiger partial charge in [-0.2, -0.15) is 5.10 Å². The molecule has 0 saturated carbocycles. The third-order valence-corrected chi connectivity index (χ3v) is 4.08. The molecule has 4 nitrogen and oxygen atoms in total. The summed E-state index contributed by atoms with van der Waals surface area (Å²) in [7, 11) is 0. The summed E-state index contributed by atoms with van der Waals surface area (Å²) in [6, 6.07) is 2.40. The molecule has 0 saturated heterocycles. The Morgan fingerprint density at radius 3 is 2.74 bits per heavy atom. The van der Waals surface area contributed by atoms with Crippen molar-refractivity contribution in [3.63, 3.8) is 0 Å². The lowest BCUT2D eigenvalue weighted by atomic mass is 10.1. The summed E-state index contributed by atoms with van der Waals surface area (Å²) in [6.07, 6.45) is 3.81. The predicted octanol–water partition coefficient (Wildman–Crippen LogP) is 2.77. The van der Waals surface area contributed by atoms with Crippen molar-refractivity contribution in [2.75, 3.05) is 0 Å². The molecule has 0 aliphatic heterocycles. The maximum Gasteiger partial charge on any atom is 0.0897 e. The third-order valence-electron chi connectivity index (χ3n) is 3.26. The van der Waals surface area contributed by atoms with E-state index in [-0.39, 0.29) is 0 Å². The Bertz CT molecular complexity index is 520. The van der Waals surface area contributed by atoms with Gasteiger partial charge in [0.15, 0.2) is 0 Å². The van der Waals surface area contributed by atoms with Crippen LogP contribution in [0.3, 0.4) is 0 Å². The number of aromatic nitrogens is 3. The van der Waals surface area contributed by atoms with Crippen LogP contribution in [0.25, 0.3) is 0 Å². The second-order valence-electron chi connectivity index (χ2n) is 4.96. The molecule has 0 aromatic carbocycles. The molecule has 1 N–H and O–H groups in total. The fraction of sp³-hybridized carbons (Fsp3) is 0.571.